The summed E-state index contributed by atoms with van der Waals surface area (Å²) in [5, 5.41) is 8.10. The molecule has 1 N–H and O–H groups in total. The second-order valence-corrected chi connectivity index (χ2v) is 5.86. The zero-order valence-corrected chi connectivity index (χ0v) is 13.2. The van der Waals surface area contributed by atoms with Gasteiger partial charge >= 0.3 is 0 Å². The Morgan fingerprint density at radius 2 is 1.64 bits per heavy atom. The van der Waals surface area contributed by atoms with Gasteiger partial charge < -0.3 is 0 Å². The summed E-state index contributed by atoms with van der Waals surface area (Å²) in [6.45, 7) is 0. The fourth-order valence-electron chi connectivity index (χ4n) is 2.93. The number of hydrogen-bond donors (Lipinski definition) is 1. The van der Waals surface area contributed by atoms with E-state index in [1.807, 2.05) is 54.9 Å². The molecule has 0 saturated carbocycles. The highest BCUT2D eigenvalue weighted by Gasteiger charge is 2.07. The van der Waals surface area contributed by atoms with Crippen molar-refractivity contribution in [3.8, 4) is 22.4 Å². The van der Waals surface area contributed by atoms with E-state index in [9.17, 15) is 0 Å². The Morgan fingerprint density at radius 1 is 0.720 bits per heavy atom. The van der Waals surface area contributed by atoms with Crippen LogP contribution in [-0.4, -0.2) is 25.1 Å². The summed E-state index contributed by atoms with van der Waals surface area (Å²) in [4.78, 5) is 13.7. The van der Waals surface area contributed by atoms with Crippen molar-refractivity contribution in [2.24, 2.45) is 0 Å². The number of aromatic amines is 1. The van der Waals surface area contributed by atoms with Gasteiger partial charge in [-0.05, 0) is 23.8 Å². The number of rotatable bonds is 2. The lowest BCUT2D eigenvalue weighted by atomic mass is 10.1. The number of aromatic nitrogens is 5. The minimum Gasteiger partial charge on any atom is -0.278 e. The first kappa shape index (κ1) is 13.8. The molecule has 0 amide bonds. The number of pyridine rings is 1. The van der Waals surface area contributed by atoms with Crippen molar-refractivity contribution in [3.05, 3.63) is 73.2 Å². The van der Waals surface area contributed by atoms with Crippen LogP contribution >= 0.6 is 0 Å². The normalized spacial score (nSPS) is 11.2. The third-order valence-electron chi connectivity index (χ3n) is 4.24. The van der Waals surface area contributed by atoms with Crippen LogP contribution in [0.4, 0.5) is 0 Å². The summed E-state index contributed by atoms with van der Waals surface area (Å²) in [6, 6.07) is 18.2. The van der Waals surface area contributed by atoms with Gasteiger partial charge in [0.25, 0.3) is 0 Å². The van der Waals surface area contributed by atoms with Crippen molar-refractivity contribution in [2.75, 3.05) is 0 Å². The van der Waals surface area contributed by atoms with Gasteiger partial charge in [0.05, 0.1) is 23.6 Å². The molecule has 0 saturated heterocycles. The average molecular weight is 323 g/mol. The Labute approximate surface area is 143 Å². The van der Waals surface area contributed by atoms with E-state index in [-0.39, 0.29) is 0 Å². The Kier molecular flexibility index (Phi) is 3.03. The van der Waals surface area contributed by atoms with Crippen molar-refractivity contribution in [2.45, 2.75) is 0 Å². The van der Waals surface area contributed by atoms with E-state index < -0.39 is 0 Å². The van der Waals surface area contributed by atoms with Gasteiger partial charge in [0.1, 0.15) is 5.52 Å². The summed E-state index contributed by atoms with van der Waals surface area (Å²) >= 11 is 0. The van der Waals surface area contributed by atoms with Crippen molar-refractivity contribution in [1.29, 1.82) is 0 Å². The maximum absolute atomic E-state index is 4.63. The number of H-pyrrole nitrogens is 1. The first-order valence-electron chi connectivity index (χ1n) is 7.98. The third kappa shape index (κ3) is 2.42. The number of benzene rings is 2. The maximum atomic E-state index is 4.63. The van der Waals surface area contributed by atoms with Gasteiger partial charge in [-0.15, -0.1) is 0 Å². The van der Waals surface area contributed by atoms with Crippen molar-refractivity contribution in [1.82, 2.24) is 25.1 Å². The number of nitrogens with zero attached hydrogens (tertiary/aromatic N) is 4. The zero-order chi connectivity index (χ0) is 16.6. The molecule has 3 heterocycles. The quantitative estimate of drug-likeness (QED) is 0.528. The molecule has 0 aliphatic carbocycles. The molecule has 2 aromatic carbocycles. The van der Waals surface area contributed by atoms with Crippen LogP contribution in [-0.2, 0) is 0 Å². The van der Waals surface area contributed by atoms with Crippen LogP contribution < -0.4 is 0 Å². The molecule has 118 valence electrons. The lowest BCUT2D eigenvalue weighted by molar-refractivity contribution is 1.12. The largest absolute Gasteiger partial charge is 0.278 e. The molecule has 5 nitrogen and oxygen atoms in total. The highest BCUT2D eigenvalue weighted by atomic mass is 15.1. The SMILES string of the molecule is c1ccc(-c2cnc3cc(-c4ccc5[nH]ncc5c4)cnc3n2)cc1. The molecule has 0 unspecified atom stereocenters. The second kappa shape index (κ2) is 5.49. The highest BCUT2D eigenvalue weighted by Crippen LogP contribution is 2.25. The third-order valence-corrected chi connectivity index (χ3v) is 4.24. The van der Waals surface area contributed by atoms with Gasteiger partial charge in [0.15, 0.2) is 5.65 Å². The standard InChI is InChI=1S/C20H13N5/c1-2-4-13(5-3-1)19-12-21-18-9-15(10-22-20(18)24-19)14-6-7-17-16(8-14)11-23-25-17/h1-12H,(H,23,25). The maximum Gasteiger partial charge on any atom is 0.178 e. The van der Waals surface area contributed by atoms with Crippen LogP contribution in [0.1, 0.15) is 0 Å². The minimum atomic E-state index is 0.648. The summed E-state index contributed by atoms with van der Waals surface area (Å²) in [7, 11) is 0. The van der Waals surface area contributed by atoms with Crippen LogP contribution in [0.15, 0.2) is 73.2 Å². The molecular formula is C20H13N5. The zero-order valence-electron chi connectivity index (χ0n) is 13.2. The van der Waals surface area contributed by atoms with Crippen LogP contribution in [0.2, 0.25) is 0 Å². The van der Waals surface area contributed by atoms with E-state index in [1.54, 1.807) is 6.20 Å². The smallest absolute Gasteiger partial charge is 0.178 e. The first-order valence-corrected chi connectivity index (χ1v) is 7.98. The van der Waals surface area contributed by atoms with Crippen LogP contribution in [0.25, 0.3) is 44.5 Å². The van der Waals surface area contributed by atoms with E-state index in [2.05, 4.69) is 37.3 Å². The van der Waals surface area contributed by atoms with Crippen LogP contribution in [0, 0.1) is 0 Å². The monoisotopic (exact) mass is 323 g/mol. The van der Waals surface area contributed by atoms with Crippen molar-refractivity contribution >= 4 is 22.1 Å². The predicted molar refractivity (Wildman–Crippen MR) is 97.9 cm³/mol. The lowest BCUT2D eigenvalue weighted by Gasteiger charge is -2.05. The van der Waals surface area contributed by atoms with Crippen molar-refractivity contribution < 1.29 is 0 Å². The Balaban J connectivity index is 1.59. The van der Waals surface area contributed by atoms with E-state index in [0.29, 0.717) is 5.65 Å². The number of hydrogen-bond acceptors (Lipinski definition) is 4. The molecule has 25 heavy (non-hydrogen) atoms. The highest BCUT2D eigenvalue weighted by molar-refractivity contribution is 5.86. The molecule has 0 fully saturated rings. The molecule has 5 heteroatoms. The molecule has 5 aromatic rings. The van der Waals surface area contributed by atoms with E-state index in [0.717, 1.165) is 38.8 Å². The van der Waals surface area contributed by atoms with Crippen LogP contribution in [0.3, 0.4) is 0 Å². The molecule has 0 aliphatic rings. The number of fused-ring (bicyclic) bond motifs is 2. The molecule has 0 bridgehead atoms. The molecule has 0 atom stereocenters. The minimum absolute atomic E-state index is 0.648. The Hall–Kier alpha value is -3.60. The average Bonchev–Trinajstić information content (AvgIpc) is 3.15. The molecule has 3 aromatic heterocycles. The van der Waals surface area contributed by atoms with Crippen molar-refractivity contribution in [3.63, 3.8) is 0 Å². The summed E-state index contributed by atoms with van der Waals surface area (Å²) < 4.78 is 0. The van der Waals surface area contributed by atoms with Gasteiger partial charge in [0, 0.05) is 22.7 Å². The molecule has 0 spiro atoms. The number of nitrogens with one attached hydrogen (secondary N) is 1. The molecular weight excluding hydrogens is 310 g/mol. The second-order valence-electron chi connectivity index (χ2n) is 5.86. The molecule has 0 radical (unpaired) electrons. The fourth-order valence-corrected chi connectivity index (χ4v) is 2.93. The van der Waals surface area contributed by atoms with Gasteiger partial charge in [0.2, 0.25) is 0 Å². The summed E-state index contributed by atoms with van der Waals surface area (Å²) in [6.07, 6.45) is 5.45. The fraction of sp³-hybridized carbons (Fsp3) is 0. The molecule has 0 aliphatic heterocycles. The van der Waals surface area contributed by atoms with E-state index in [4.69, 9.17) is 0 Å². The summed E-state index contributed by atoms with van der Waals surface area (Å²) in [5.41, 5.74) is 6.40. The van der Waals surface area contributed by atoms with Crippen LogP contribution in [0.5, 0.6) is 0 Å². The van der Waals surface area contributed by atoms with Gasteiger partial charge in [-0.25, -0.2) is 9.97 Å². The lowest BCUT2D eigenvalue weighted by Crippen LogP contribution is -1.92. The van der Waals surface area contributed by atoms with E-state index in [1.165, 1.54) is 0 Å². The van der Waals surface area contributed by atoms with E-state index >= 15 is 0 Å². The van der Waals surface area contributed by atoms with Gasteiger partial charge in [-0.1, -0.05) is 36.4 Å². The first-order chi connectivity index (χ1) is 12.4. The summed E-state index contributed by atoms with van der Waals surface area (Å²) in [5.74, 6) is 0. The molecule has 5 rings (SSSR count). The Bertz CT molecular complexity index is 1190. The predicted octanol–water partition coefficient (Wildman–Crippen LogP) is 4.24. The van der Waals surface area contributed by atoms with Gasteiger partial charge in [-0.3, -0.25) is 10.1 Å². The Morgan fingerprint density at radius 3 is 2.56 bits per heavy atom. The van der Waals surface area contributed by atoms with Gasteiger partial charge in [-0.2, -0.15) is 5.10 Å². The topological polar surface area (TPSA) is 67.3 Å².